The van der Waals surface area contributed by atoms with E-state index in [0.717, 1.165) is 59.5 Å². The lowest BCUT2D eigenvalue weighted by Gasteiger charge is -2.32. The lowest BCUT2D eigenvalue weighted by molar-refractivity contribution is -0.138. The van der Waals surface area contributed by atoms with Crippen LogP contribution in [0.2, 0.25) is 0 Å². The quantitative estimate of drug-likeness (QED) is 0.0736. The predicted octanol–water partition coefficient (Wildman–Crippen LogP) is 13.9. The number of benzene rings is 3. The summed E-state index contributed by atoms with van der Waals surface area (Å²) < 4.78 is 165. The normalized spacial score (nSPS) is 17.1. The summed E-state index contributed by atoms with van der Waals surface area (Å²) in [6, 6.07) is 19.1. The molecule has 0 bridgehead atoms. The van der Waals surface area contributed by atoms with E-state index < -0.39 is 85.3 Å². The van der Waals surface area contributed by atoms with Crippen LogP contribution in [0.3, 0.4) is 0 Å². The number of methoxy groups -OCH3 is 3. The Labute approximate surface area is 549 Å². The molecule has 9 rings (SSSR count). The number of carbonyl (C=O) groups excluding carboxylic acids is 2. The first-order chi connectivity index (χ1) is 42.7. The van der Waals surface area contributed by atoms with Crippen LogP contribution < -0.4 is 36.0 Å². The Hall–Kier alpha value is -7.00. The number of rotatable bonds is 10. The molecule has 3 aromatic carbocycles. The minimum absolute atomic E-state index is 0.125. The predicted molar refractivity (Wildman–Crippen MR) is 337 cm³/mol. The van der Waals surface area contributed by atoms with Crippen LogP contribution in [0.5, 0.6) is 17.2 Å². The van der Waals surface area contributed by atoms with Gasteiger partial charge in [0.05, 0.1) is 82.8 Å². The number of anilines is 3. The maximum atomic E-state index is 12.9. The van der Waals surface area contributed by atoms with Gasteiger partial charge >= 0.3 is 45.6 Å². The molecule has 33 heteroatoms. The molecule has 3 fully saturated rings. The molecule has 0 atom stereocenters. The number of aromatic nitrogens is 3. The van der Waals surface area contributed by atoms with E-state index in [1.165, 1.54) is 39.5 Å². The molecule has 3 aromatic heterocycles. The number of nitrogens with one attached hydrogen (secondary N) is 2. The maximum Gasteiger partial charge on any atom is 0.494 e. The number of pyridine rings is 3. The number of nitrogens with zero attached hydrogens (tertiary/aromatic N) is 3. The number of carboxylic acids is 1. The van der Waals surface area contributed by atoms with E-state index in [9.17, 15) is 53.9 Å². The van der Waals surface area contributed by atoms with Crippen molar-refractivity contribution in [3.05, 3.63) is 152 Å². The Morgan fingerprint density at radius 3 is 1.11 bits per heavy atom. The zero-order valence-electron chi connectivity index (χ0n) is 53.0. The van der Waals surface area contributed by atoms with E-state index in [-0.39, 0.29) is 62.3 Å². The summed E-state index contributed by atoms with van der Waals surface area (Å²) in [5, 5.41) is 13.4. The van der Waals surface area contributed by atoms with Gasteiger partial charge in [0.25, 0.3) is 11.8 Å². The number of carboxylic acid groups (broad SMARTS) is 1. The number of carbonyl (C=O) groups is 3. The van der Waals surface area contributed by atoms with Crippen LogP contribution in [-0.4, -0.2) is 114 Å². The third-order valence-corrected chi connectivity index (χ3v) is 16.3. The van der Waals surface area contributed by atoms with Gasteiger partial charge in [0, 0.05) is 27.5 Å². The van der Waals surface area contributed by atoms with Gasteiger partial charge in [-0.05, 0) is 173 Å². The number of alkyl halides is 9. The van der Waals surface area contributed by atoms with Gasteiger partial charge in [-0.2, -0.15) is 39.5 Å². The Balaban J connectivity index is 0.000000221. The van der Waals surface area contributed by atoms with Gasteiger partial charge in [-0.25, -0.2) is 19.7 Å². The minimum Gasteiger partial charge on any atom is -0.496 e. The number of halogens is 11. The second kappa shape index (κ2) is 29.7. The van der Waals surface area contributed by atoms with Crippen molar-refractivity contribution >= 4 is 93.7 Å². The molecule has 5 N–H and O–H groups in total. The Morgan fingerprint density at radius 2 is 0.774 bits per heavy atom. The molecule has 0 saturated carbocycles. The first kappa shape index (κ1) is 76.7. The van der Waals surface area contributed by atoms with E-state index in [0.29, 0.717) is 21.4 Å². The van der Waals surface area contributed by atoms with Gasteiger partial charge in [-0.1, -0.05) is 37.9 Å². The highest BCUT2D eigenvalue weighted by Gasteiger charge is 2.64. The molecule has 0 unspecified atom stereocenters. The van der Waals surface area contributed by atoms with E-state index in [2.05, 4.69) is 57.4 Å². The fourth-order valence-electron chi connectivity index (χ4n) is 8.06. The van der Waals surface area contributed by atoms with Crippen LogP contribution in [0.15, 0.2) is 119 Å². The number of nitrogen functional groups attached to an aromatic ring is 1. The number of nitrogens with two attached hydrogens (primary N) is 1. The van der Waals surface area contributed by atoms with E-state index in [1.54, 1.807) is 36.4 Å². The summed E-state index contributed by atoms with van der Waals surface area (Å²) in [5.41, 5.74) is 1.11. The average Bonchev–Trinajstić information content (AvgIpc) is 1.61. The molecular weight excluding hydrogens is 1380 g/mol. The molecule has 502 valence electrons. The van der Waals surface area contributed by atoms with Crippen molar-refractivity contribution in [2.24, 2.45) is 0 Å². The first-order valence-corrected chi connectivity index (χ1v) is 29.4. The fraction of sp³-hybridized carbons (Fsp3) is 0.400. The van der Waals surface area contributed by atoms with Crippen LogP contribution in [0.25, 0.3) is 0 Å². The van der Waals surface area contributed by atoms with E-state index >= 15 is 0 Å². The molecule has 0 spiro atoms. The minimum atomic E-state index is -4.54. The van der Waals surface area contributed by atoms with Crippen molar-refractivity contribution < 1.29 is 101 Å². The number of ether oxygens (including phenoxy) is 3. The number of hydrogen-bond acceptors (Lipinski definition) is 16. The molecule has 19 nitrogen and oxygen atoms in total. The van der Waals surface area contributed by atoms with Crippen LogP contribution >= 0.6 is 31.9 Å². The lowest BCUT2D eigenvalue weighted by Crippen LogP contribution is -2.41. The van der Waals surface area contributed by atoms with Crippen LogP contribution in [0.4, 0.5) is 57.0 Å². The summed E-state index contributed by atoms with van der Waals surface area (Å²) in [5.74, 6) is -1.91. The Morgan fingerprint density at radius 1 is 0.462 bits per heavy atom. The van der Waals surface area contributed by atoms with Crippen molar-refractivity contribution in [3.8, 4) is 17.2 Å². The molecule has 0 radical (unpaired) electrons. The fourth-order valence-corrected chi connectivity index (χ4v) is 8.74. The average molecular weight is 1440 g/mol. The number of aromatic carboxylic acids is 1. The molecule has 3 saturated heterocycles. The van der Waals surface area contributed by atoms with Gasteiger partial charge in [0.2, 0.25) is 0 Å². The smallest absolute Gasteiger partial charge is 0.494 e. The van der Waals surface area contributed by atoms with E-state index in [4.69, 9.17) is 53.0 Å². The topological polar surface area (TPSA) is 243 Å². The third-order valence-electron chi connectivity index (χ3n) is 15.3. The van der Waals surface area contributed by atoms with Crippen molar-refractivity contribution in [2.75, 3.05) is 37.7 Å². The van der Waals surface area contributed by atoms with Gasteiger partial charge in [0.15, 0.2) is 0 Å². The molecule has 3 aliphatic rings. The molecule has 0 aliphatic carbocycles. The monoisotopic (exact) mass is 1440 g/mol. The molecule has 2 amide bonds. The molecule has 6 heterocycles. The summed E-state index contributed by atoms with van der Waals surface area (Å²) in [6.45, 7) is 23.9. The zero-order valence-corrected chi connectivity index (χ0v) is 56.2. The standard InChI is InChI=1S/C20H22BF3N2O4.C14H10BrF3N2O2.C12H24B2O4.C8H7BrO3.C6H5F3N2/c1-18(2)19(3,4)30-21(29-18)13-6-7-14(15(11-13)28-5)17(27)26-16-10-12(8-9-25-16)20(22,23)24;1-22-11-7-9(15)2-3-10(11)13(21)20-12-6-8(4-5-19-12)14(16,17)18;1-9(2)10(3,4)16-13(15-9)14-17-11(5,6)12(7,8)18-14;1-12-7-4-5(9)2-3-6(7)8(10)11;7-6(8,9)4-1-2-11-5(10)3-4/h6-11H,1-5H3,(H,25,26,27);2-7H,1H3,(H,19,20,21);1-8H3;2-4H,1H3,(H,10,11);1-3H,(H2,10,11). The number of hydrogen-bond donors (Lipinski definition) is 4. The second-order valence-electron chi connectivity index (χ2n) is 23.5. The van der Waals surface area contributed by atoms with Crippen LogP contribution in [-0.2, 0) is 46.5 Å². The SMILES string of the molecule is CC1(C)OB(B2OC(C)(C)C(C)(C)O2)OC1(C)C.COc1cc(B2OC(C)(C)C(C)(C)O2)ccc1C(=O)Nc1cc(C(F)(F)F)ccn1.COc1cc(Br)ccc1C(=O)Nc1cc(C(F)(F)F)ccn1.COc1cc(Br)ccc1C(=O)O.Nc1cc(C(F)(F)F)ccn1. The van der Waals surface area contributed by atoms with Crippen molar-refractivity contribution in [1.29, 1.82) is 0 Å². The summed E-state index contributed by atoms with van der Waals surface area (Å²) in [7, 11) is 2.62. The zero-order chi connectivity index (χ0) is 70.3. The second-order valence-corrected chi connectivity index (χ2v) is 25.4. The summed E-state index contributed by atoms with van der Waals surface area (Å²) in [4.78, 5) is 46.3. The number of amides is 2. The van der Waals surface area contributed by atoms with Crippen molar-refractivity contribution in [3.63, 3.8) is 0 Å². The summed E-state index contributed by atoms with van der Waals surface area (Å²) in [6.07, 6.45) is -10.4. The van der Waals surface area contributed by atoms with E-state index in [1.807, 2.05) is 83.1 Å². The van der Waals surface area contributed by atoms with Crippen molar-refractivity contribution in [2.45, 2.75) is 135 Å². The molecular formula is C60H68B3Br2F9N6O13. The van der Waals surface area contributed by atoms with Crippen LogP contribution in [0.1, 0.15) is 131 Å². The van der Waals surface area contributed by atoms with Gasteiger partial charge in [0.1, 0.15) is 40.3 Å². The van der Waals surface area contributed by atoms with Gasteiger partial charge in [-0.3, -0.25) is 9.59 Å². The van der Waals surface area contributed by atoms with Crippen molar-refractivity contribution in [1.82, 2.24) is 15.0 Å². The summed E-state index contributed by atoms with van der Waals surface area (Å²) >= 11 is 6.45. The van der Waals surface area contributed by atoms with Crippen LogP contribution in [0, 0.1) is 0 Å². The Kier molecular flexibility index (Phi) is 24.5. The first-order valence-electron chi connectivity index (χ1n) is 27.8. The largest absolute Gasteiger partial charge is 0.496 e. The highest BCUT2D eigenvalue weighted by Crippen LogP contribution is 2.44. The molecule has 6 aromatic rings. The highest BCUT2D eigenvalue weighted by molar-refractivity contribution is 9.10. The lowest BCUT2D eigenvalue weighted by atomic mass is 9.49. The van der Waals surface area contributed by atoms with Gasteiger partial charge < -0.3 is 63.6 Å². The molecule has 3 aliphatic heterocycles. The molecule has 93 heavy (non-hydrogen) atoms. The highest BCUT2D eigenvalue weighted by atomic mass is 79.9. The maximum absolute atomic E-state index is 12.9. The Bertz CT molecular complexity index is 3540. The van der Waals surface area contributed by atoms with Gasteiger partial charge in [-0.15, -0.1) is 0 Å². The third kappa shape index (κ3) is 20.0.